The fourth-order valence-electron chi connectivity index (χ4n) is 1.47. The Balaban J connectivity index is 3.02. The van der Waals surface area contributed by atoms with Crippen LogP contribution in [0.2, 0.25) is 0 Å². The van der Waals surface area contributed by atoms with E-state index in [-0.39, 0.29) is 5.56 Å². The van der Waals surface area contributed by atoms with Crippen molar-refractivity contribution >= 4 is 39.1 Å². The van der Waals surface area contributed by atoms with Gasteiger partial charge in [-0.1, -0.05) is 0 Å². The second kappa shape index (κ2) is 4.03. The zero-order valence-corrected chi connectivity index (χ0v) is 11.1. The van der Waals surface area contributed by atoms with E-state index in [0.29, 0.717) is 25.9 Å². The van der Waals surface area contributed by atoms with Crippen molar-refractivity contribution in [3.8, 4) is 5.75 Å². The minimum absolute atomic E-state index is 0.131. The number of nitrogens with zero attached hydrogens (tertiary/aromatic N) is 1. The molecule has 0 amide bonds. The lowest BCUT2D eigenvalue weighted by atomic mass is 10.2. The summed E-state index contributed by atoms with van der Waals surface area (Å²) in [6, 6.07) is 3.50. The summed E-state index contributed by atoms with van der Waals surface area (Å²) in [5.41, 5.74) is 0.535. The molecule has 0 saturated heterocycles. The van der Waals surface area contributed by atoms with Gasteiger partial charge in [0.05, 0.1) is 18.0 Å². The van der Waals surface area contributed by atoms with Crippen molar-refractivity contribution in [3.63, 3.8) is 0 Å². The van der Waals surface area contributed by atoms with E-state index in [9.17, 15) is 4.79 Å². The van der Waals surface area contributed by atoms with Crippen LogP contribution in [0.25, 0.3) is 10.9 Å². The van der Waals surface area contributed by atoms with Gasteiger partial charge in [0, 0.05) is 17.6 Å². The van der Waals surface area contributed by atoms with Crippen molar-refractivity contribution < 1.29 is 4.74 Å². The first-order valence-corrected chi connectivity index (χ1v) is 5.71. The lowest BCUT2D eigenvalue weighted by Gasteiger charge is -2.06. The van der Waals surface area contributed by atoms with Crippen LogP contribution >= 0.6 is 28.1 Å². The monoisotopic (exact) mass is 300 g/mol. The third-order valence-corrected chi connectivity index (χ3v) is 3.37. The summed E-state index contributed by atoms with van der Waals surface area (Å²) >= 11 is 8.39. The predicted octanol–water partition coefficient (Wildman–Crippen LogP) is 2.37. The highest BCUT2D eigenvalue weighted by Crippen LogP contribution is 2.25. The van der Waals surface area contributed by atoms with Crippen LogP contribution in [0.3, 0.4) is 0 Å². The number of H-pyrrole nitrogens is 1. The van der Waals surface area contributed by atoms with Crippen LogP contribution in [0, 0.1) is 4.77 Å². The van der Waals surface area contributed by atoms with Crippen LogP contribution in [0.4, 0.5) is 0 Å². The Morgan fingerprint density at radius 3 is 2.81 bits per heavy atom. The molecular weight excluding hydrogens is 292 g/mol. The second-order valence-electron chi connectivity index (χ2n) is 3.33. The van der Waals surface area contributed by atoms with E-state index in [1.807, 2.05) is 0 Å². The molecule has 1 heterocycles. The molecule has 84 valence electrons. The highest BCUT2D eigenvalue weighted by molar-refractivity contribution is 9.10. The summed E-state index contributed by atoms with van der Waals surface area (Å²) in [5, 5.41) is 0.567. The molecule has 4 nitrogen and oxygen atoms in total. The van der Waals surface area contributed by atoms with Crippen LogP contribution in [-0.2, 0) is 7.05 Å². The summed E-state index contributed by atoms with van der Waals surface area (Å²) < 4.78 is 7.59. The van der Waals surface area contributed by atoms with Crippen LogP contribution in [-0.4, -0.2) is 16.7 Å². The number of fused-ring (bicyclic) bond motifs is 1. The summed E-state index contributed by atoms with van der Waals surface area (Å²) in [5.74, 6) is 0.665. The molecular formula is C10H9BrN2O2S. The molecule has 0 atom stereocenters. The van der Waals surface area contributed by atoms with Crippen LogP contribution in [0.5, 0.6) is 5.75 Å². The summed E-state index contributed by atoms with van der Waals surface area (Å²) in [4.78, 5) is 15.0. The lowest BCUT2D eigenvalue weighted by molar-refractivity contribution is 0.415. The number of ether oxygens (including phenoxy) is 1. The van der Waals surface area contributed by atoms with Gasteiger partial charge in [0.2, 0.25) is 0 Å². The van der Waals surface area contributed by atoms with Gasteiger partial charge < -0.3 is 9.72 Å². The first-order chi connectivity index (χ1) is 7.54. The number of halogens is 1. The molecule has 1 N–H and O–H groups in total. The largest absolute Gasteiger partial charge is 0.497 e. The molecule has 0 bridgehead atoms. The van der Waals surface area contributed by atoms with Crippen molar-refractivity contribution in [2.75, 3.05) is 7.11 Å². The Bertz CT molecular complexity index is 675. The van der Waals surface area contributed by atoms with Gasteiger partial charge in [-0.3, -0.25) is 9.36 Å². The third kappa shape index (κ3) is 1.68. The van der Waals surface area contributed by atoms with Crippen LogP contribution < -0.4 is 10.3 Å². The molecule has 16 heavy (non-hydrogen) atoms. The van der Waals surface area contributed by atoms with E-state index in [4.69, 9.17) is 17.0 Å². The quantitative estimate of drug-likeness (QED) is 0.823. The number of rotatable bonds is 1. The Labute approximate surface area is 105 Å². The van der Waals surface area contributed by atoms with E-state index in [1.165, 1.54) is 4.57 Å². The van der Waals surface area contributed by atoms with E-state index in [2.05, 4.69) is 20.9 Å². The number of methoxy groups -OCH3 is 1. The molecule has 0 unspecified atom stereocenters. The second-order valence-corrected chi connectivity index (χ2v) is 4.57. The first kappa shape index (κ1) is 11.3. The normalized spacial score (nSPS) is 10.7. The number of hydrogen-bond donors (Lipinski definition) is 1. The number of aromatic nitrogens is 2. The first-order valence-electron chi connectivity index (χ1n) is 4.51. The van der Waals surface area contributed by atoms with Crippen molar-refractivity contribution in [1.29, 1.82) is 0 Å². The van der Waals surface area contributed by atoms with Crippen molar-refractivity contribution in [2.45, 2.75) is 0 Å². The molecule has 0 radical (unpaired) electrons. The highest BCUT2D eigenvalue weighted by atomic mass is 79.9. The Morgan fingerprint density at radius 1 is 1.50 bits per heavy atom. The Hall–Kier alpha value is -1.14. The number of nitrogens with one attached hydrogen (secondary N) is 1. The van der Waals surface area contributed by atoms with Crippen LogP contribution in [0.15, 0.2) is 21.4 Å². The molecule has 0 spiro atoms. The summed E-state index contributed by atoms with van der Waals surface area (Å²) in [7, 11) is 3.21. The van der Waals surface area contributed by atoms with Gasteiger partial charge in [0.15, 0.2) is 4.77 Å². The lowest BCUT2D eigenvalue weighted by Crippen LogP contribution is -2.19. The predicted molar refractivity (Wildman–Crippen MR) is 68.6 cm³/mol. The summed E-state index contributed by atoms with van der Waals surface area (Å²) in [6.45, 7) is 0. The number of hydrogen-bond acceptors (Lipinski definition) is 3. The standard InChI is InChI=1S/C10H9BrN2O2S/c1-13-9(14)8-6(11)3-5(15-2)4-7(8)12-10(13)16/h3-4H,1-2H3,(H,12,16). The van der Waals surface area contributed by atoms with Gasteiger partial charge in [-0.2, -0.15) is 0 Å². The van der Waals surface area contributed by atoms with Crippen molar-refractivity contribution in [3.05, 3.63) is 31.7 Å². The van der Waals surface area contributed by atoms with Crippen molar-refractivity contribution in [1.82, 2.24) is 9.55 Å². The molecule has 2 aromatic rings. The molecule has 0 aliphatic heterocycles. The number of aromatic amines is 1. The maximum Gasteiger partial charge on any atom is 0.263 e. The van der Waals surface area contributed by atoms with Gasteiger partial charge >= 0.3 is 0 Å². The Kier molecular flexibility index (Phi) is 2.86. The van der Waals surface area contributed by atoms with Gasteiger partial charge in [0.1, 0.15) is 5.75 Å². The molecule has 0 aliphatic carbocycles. The van der Waals surface area contributed by atoms with E-state index in [1.54, 1.807) is 26.3 Å². The van der Waals surface area contributed by atoms with E-state index < -0.39 is 0 Å². The molecule has 0 aliphatic rings. The fourth-order valence-corrected chi connectivity index (χ4v) is 2.28. The molecule has 1 aromatic carbocycles. The molecule has 6 heteroatoms. The highest BCUT2D eigenvalue weighted by Gasteiger charge is 2.08. The van der Waals surface area contributed by atoms with Gasteiger partial charge in [-0.25, -0.2) is 0 Å². The van der Waals surface area contributed by atoms with Crippen molar-refractivity contribution in [2.24, 2.45) is 7.05 Å². The topological polar surface area (TPSA) is 47.0 Å². The molecule has 1 aromatic heterocycles. The zero-order valence-electron chi connectivity index (χ0n) is 8.70. The fraction of sp³-hybridized carbons (Fsp3) is 0.200. The van der Waals surface area contributed by atoms with Crippen LogP contribution in [0.1, 0.15) is 0 Å². The Morgan fingerprint density at radius 2 is 2.19 bits per heavy atom. The maximum atomic E-state index is 12.0. The third-order valence-electron chi connectivity index (χ3n) is 2.36. The maximum absolute atomic E-state index is 12.0. The van der Waals surface area contributed by atoms with E-state index >= 15 is 0 Å². The molecule has 0 saturated carbocycles. The molecule has 0 fully saturated rings. The van der Waals surface area contributed by atoms with Gasteiger partial charge in [0.25, 0.3) is 5.56 Å². The van der Waals surface area contributed by atoms with Gasteiger partial charge in [-0.15, -0.1) is 0 Å². The smallest absolute Gasteiger partial charge is 0.263 e. The molecule has 2 rings (SSSR count). The SMILES string of the molecule is COc1cc(Br)c2c(=O)n(C)c(=S)[nH]c2c1. The minimum atomic E-state index is -0.131. The zero-order chi connectivity index (χ0) is 11.9. The number of benzene rings is 1. The summed E-state index contributed by atoms with van der Waals surface area (Å²) in [6.07, 6.45) is 0. The average molecular weight is 301 g/mol. The average Bonchev–Trinajstić information content (AvgIpc) is 2.25. The van der Waals surface area contributed by atoms with Gasteiger partial charge in [-0.05, 0) is 34.2 Å². The minimum Gasteiger partial charge on any atom is -0.497 e. The van der Waals surface area contributed by atoms with E-state index in [0.717, 1.165) is 0 Å².